The summed E-state index contributed by atoms with van der Waals surface area (Å²) in [7, 11) is 1.41. The van der Waals surface area contributed by atoms with Crippen LogP contribution in [-0.4, -0.2) is 51.9 Å². The highest BCUT2D eigenvalue weighted by Crippen LogP contribution is 2.41. The Morgan fingerprint density at radius 1 is 1.28 bits per heavy atom. The van der Waals surface area contributed by atoms with Crippen molar-refractivity contribution in [1.82, 2.24) is 9.58 Å². The summed E-state index contributed by atoms with van der Waals surface area (Å²) < 4.78 is 47.6. The van der Waals surface area contributed by atoms with Gasteiger partial charge in [-0.1, -0.05) is 18.2 Å². The maximum atomic E-state index is 13.7. The summed E-state index contributed by atoms with van der Waals surface area (Å²) >= 11 is 0. The molecule has 0 aliphatic carbocycles. The molecule has 1 N–H and O–H groups in total. The van der Waals surface area contributed by atoms with Gasteiger partial charge in [0.25, 0.3) is 11.6 Å². The van der Waals surface area contributed by atoms with Crippen molar-refractivity contribution in [3.8, 4) is 5.69 Å². The van der Waals surface area contributed by atoms with E-state index in [2.05, 4.69) is 5.10 Å². The van der Waals surface area contributed by atoms with Crippen molar-refractivity contribution in [1.29, 1.82) is 0 Å². The Kier molecular flexibility index (Phi) is 5.55. The van der Waals surface area contributed by atoms with Crippen LogP contribution in [0.15, 0.2) is 41.5 Å². The molecule has 156 valence electrons. The van der Waals surface area contributed by atoms with E-state index in [4.69, 9.17) is 4.74 Å². The molecule has 29 heavy (non-hydrogen) atoms. The van der Waals surface area contributed by atoms with Gasteiger partial charge < -0.3 is 14.4 Å². The van der Waals surface area contributed by atoms with Gasteiger partial charge in [-0.3, -0.25) is 4.79 Å². The first-order chi connectivity index (χ1) is 13.6. The van der Waals surface area contributed by atoms with Gasteiger partial charge in [0.05, 0.1) is 12.2 Å². The topological polar surface area (TPSA) is 67.1 Å². The van der Waals surface area contributed by atoms with Gasteiger partial charge in [0.1, 0.15) is 0 Å². The largest absolute Gasteiger partial charge is 0.438 e. The van der Waals surface area contributed by atoms with Crippen molar-refractivity contribution >= 4 is 11.6 Å². The lowest BCUT2D eigenvalue weighted by Crippen LogP contribution is -2.56. The van der Waals surface area contributed by atoms with Crippen LogP contribution in [-0.2, 0) is 4.74 Å². The van der Waals surface area contributed by atoms with Gasteiger partial charge in [-0.05, 0) is 32.0 Å². The van der Waals surface area contributed by atoms with Crippen LogP contribution in [0, 0.1) is 13.8 Å². The highest BCUT2D eigenvalue weighted by Gasteiger charge is 2.63. The summed E-state index contributed by atoms with van der Waals surface area (Å²) in [4.78, 5) is 13.1. The molecule has 3 rings (SSSR count). The number of carbonyl (C=O) groups excluding carboxylic acids is 1. The highest BCUT2D eigenvalue weighted by molar-refractivity contribution is 5.99. The number of carbonyl (C=O) groups is 1. The molecule has 2 heterocycles. The quantitative estimate of drug-likeness (QED) is 0.821. The Labute approximate surface area is 166 Å². The molecule has 0 bridgehead atoms. The molecule has 0 saturated carbocycles. The Morgan fingerprint density at radius 3 is 2.52 bits per heavy atom. The first kappa shape index (κ1) is 21.1. The number of hydrogen-bond donors (Lipinski definition) is 1. The lowest BCUT2D eigenvalue weighted by atomic mass is 10.0. The molecule has 0 fully saturated rings. The summed E-state index contributed by atoms with van der Waals surface area (Å²) in [6, 6.07) is 10.7. The Bertz CT molecular complexity index is 938. The van der Waals surface area contributed by atoms with Crippen LogP contribution >= 0.6 is 0 Å². The van der Waals surface area contributed by atoms with Crippen LogP contribution in [0.25, 0.3) is 5.69 Å². The lowest BCUT2D eigenvalue weighted by Gasteiger charge is -2.32. The van der Waals surface area contributed by atoms with Crippen molar-refractivity contribution < 1.29 is 27.8 Å². The van der Waals surface area contributed by atoms with Crippen LogP contribution < -0.4 is 0 Å². The molecule has 1 amide bonds. The molecular weight excluding hydrogens is 387 g/mol. The number of rotatable bonds is 5. The zero-order valence-corrected chi connectivity index (χ0v) is 16.3. The smallest absolute Gasteiger partial charge is 0.384 e. The molecule has 6 nitrogen and oxygen atoms in total. The third-order valence-corrected chi connectivity index (χ3v) is 4.96. The Morgan fingerprint density at radius 2 is 1.93 bits per heavy atom. The van der Waals surface area contributed by atoms with E-state index in [1.807, 2.05) is 30.3 Å². The van der Waals surface area contributed by atoms with Gasteiger partial charge in [0, 0.05) is 42.7 Å². The van der Waals surface area contributed by atoms with Crippen molar-refractivity contribution in [3.05, 3.63) is 53.3 Å². The van der Waals surface area contributed by atoms with Crippen LogP contribution in [0.5, 0.6) is 0 Å². The van der Waals surface area contributed by atoms with E-state index < -0.39 is 24.2 Å². The van der Waals surface area contributed by atoms with E-state index in [1.54, 1.807) is 18.4 Å². The SMILES string of the molecule is COCCC1=NN(C(=O)c2cc(C)n(-c3ccccc3)c2C)C(O)(C(F)(F)F)C1. The fourth-order valence-electron chi connectivity index (χ4n) is 3.48. The van der Waals surface area contributed by atoms with Crippen LogP contribution in [0.1, 0.15) is 34.6 Å². The standard InChI is InChI=1S/C20H22F3N3O3/c1-13-11-17(14(2)25(13)16-7-5-4-6-8-16)18(27)26-19(28,20(21,22)23)12-15(24-26)9-10-29-3/h4-8,11,28H,9-10,12H2,1-3H3. The van der Waals surface area contributed by atoms with Crippen LogP contribution in [0.3, 0.4) is 0 Å². The number of aryl methyl sites for hydroxylation is 1. The second-order valence-electron chi connectivity index (χ2n) is 6.97. The van der Waals surface area contributed by atoms with Crippen molar-refractivity contribution in [2.75, 3.05) is 13.7 Å². The van der Waals surface area contributed by atoms with E-state index in [0.29, 0.717) is 11.4 Å². The molecule has 1 aromatic carbocycles. The average Bonchev–Trinajstić information content (AvgIpc) is 3.17. The number of amides is 1. The molecule has 9 heteroatoms. The van der Waals surface area contributed by atoms with Crippen molar-refractivity contribution in [2.45, 2.75) is 38.6 Å². The molecule has 2 aromatic rings. The minimum absolute atomic E-state index is 0.0470. The number of aliphatic hydroxyl groups is 1. The van der Waals surface area contributed by atoms with Crippen LogP contribution in [0.4, 0.5) is 13.2 Å². The summed E-state index contributed by atoms with van der Waals surface area (Å²) in [5, 5.41) is 14.4. The number of ether oxygens (including phenoxy) is 1. The van der Waals surface area contributed by atoms with Crippen molar-refractivity contribution in [2.24, 2.45) is 5.10 Å². The molecular formula is C20H22F3N3O3. The fraction of sp³-hybridized carbons (Fsp3) is 0.400. The molecule has 0 saturated heterocycles. The molecule has 1 aliphatic heterocycles. The van der Waals surface area contributed by atoms with E-state index in [1.165, 1.54) is 13.2 Å². The van der Waals surface area contributed by atoms with Gasteiger partial charge in [0.2, 0.25) is 0 Å². The number of nitrogens with zero attached hydrogens (tertiary/aromatic N) is 3. The number of hydrazone groups is 1. The summed E-state index contributed by atoms with van der Waals surface area (Å²) in [5.74, 6) is -1.01. The van der Waals surface area contributed by atoms with Gasteiger partial charge >= 0.3 is 6.18 Å². The summed E-state index contributed by atoms with van der Waals surface area (Å²) in [6.07, 6.45) is -5.78. The maximum absolute atomic E-state index is 13.7. The third kappa shape index (κ3) is 3.67. The number of halogens is 3. The summed E-state index contributed by atoms with van der Waals surface area (Å²) in [6.45, 7) is 3.53. The predicted octanol–water partition coefficient (Wildman–Crippen LogP) is 3.58. The minimum atomic E-state index is -5.06. The molecule has 0 radical (unpaired) electrons. The number of aromatic nitrogens is 1. The fourth-order valence-corrected chi connectivity index (χ4v) is 3.48. The predicted molar refractivity (Wildman–Crippen MR) is 101 cm³/mol. The average molecular weight is 409 g/mol. The van der Waals surface area contributed by atoms with E-state index in [-0.39, 0.29) is 29.3 Å². The van der Waals surface area contributed by atoms with E-state index in [9.17, 15) is 23.1 Å². The minimum Gasteiger partial charge on any atom is -0.384 e. The number of hydrogen-bond acceptors (Lipinski definition) is 4. The normalized spacial score (nSPS) is 19.6. The number of methoxy groups -OCH3 is 1. The van der Waals surface area contributed by atoms with Gasteiger partial charge in [-0.2, -0.15) is 23.3 Å². The molecule has 1 unspecified atom stereocenters. The molecule has 0 spiro atoms. The van der Waals surface area contributed by atoms with E-state index in [0.717, 1.165) is 5.69 Å². The zero-order chi connectivity index (χ0) is 21.4. The first-order valence-electron chi connectivity index (χ1n) is 9.03. The maximum Gasteiger partial charge on any atom is 0.438 e. The molecule has 1 aromatic heterocycles. The number of para-hydroxylation sites is 1. The first-order valence-corrected chi connectivity index (χ1v) is 9.03. The second-order valence-corrected chi connectivity index (χ2v) is 6.97. The van der Waals surface area contributed by atoms with Gasteiger partial charge in [-0.25, -0.2) is 0 Å². The second kappa shape index (κ2) is 7.64. The Hall–Kier alpha value is -2.65. The van der Waals surface area contributed by atoms with Crippen LogP contribution in [0.2, 0.25) is 0 Å². The monoisotopic (exact) mass is 409 g/mol. The third-order valence-electron chi connectivity index (χ3n) is 4.96. The zero-order valence-electron chi connectivity index (χ0n) is 16.3. The molecule has 1 atom stereocenters. The highest BCUT2D eigenvalue weighted by atomic mass is 19.4. The summed E-state index contributed by atoms with van der Waals surface area (Å²) in [5.41, 5.74) is -1.37. The van der Waals surface area contributed by atoms with E-state index >= 15 is 0 Å². The molecule has 1 aliphatic rings. The van der Waals surface area contributed by atoms with Crippen molar-refractivity contribution in [3.63, 3.8) is 0 Å². The lowest BCUT2D eigenvalue weighted by molar-refractivity contribution is -0.297. The Balaban J connectivity index is 2.03. The van der Waals surface area contributed by atoms with Gasteiger partial charge in [-0.15, -0.1) is 0 Å². The number of alkyl halides is 3. The van der Waals surface area contributed by atoms with Gasteiger partial charge in [0.15, 0.2) is 0 Å². The number of benzene rings is 1.